The number of benzene rings is 2. The van der Waals surface area contributed by atoms with Crippen molar-refractivity contribution in [2.24, 2.45) is 0 Å². The molecule has 0 radical (unpaired) electrons. The number of methoxy groups -OCH3 is 2. The summed E-state index contributed by atoms with van der Waals surface area (Å²) in [5.41, 5.74) is 1.87. The minimum atomic E-state index is -0.409. The molecule has 3 rings (SSSR count). The van der Waals surface area contributed by atoms with Crippen molar-refractivity contribution in [2.75, 3.05) is 20.8 Å². The molecule has 0 saturated carbocycles. The molecule has 2 amide bonds. The highest BCUT2D eigenvalue weighted by atomic mass is 32.2. The second-order valence-corrected chi connectivity index (χ2v) is 7.29. The van der Waals surface area contributed by atoms with Gasteiger partial charge in [-0.3, -0.25) is 14.5 Å². The van der Waals surface area contributed by atoms with Crippen molar-refractivity contribution in [1.82, 2.24) is 4.90 Å². The van der Waals surface area contributed by atoms with E-state index in [1.165, 1.54) is 12.0 Å². The van der Waals surface area contributed by atoms with Gasteiger partial charge >= 0.3 is 5.97 Å². The van der Waals surface area contributed by atoms with E-state index in [1.807, 2.05) is 0 Å². The number of carbonyl (C=O) groups is 3. The molecule has 30 heavy (non-hydrogen) atoms. The highest BCUT2D eigenvalue weighted by Gasteiger charge is 2.35. The molecule has 0 aromatic heterocycles. The number of nitrogens with zero attached hydrogens (tertiary/aromatic N) is 1. The standard InChI is InChI=1S/C22H21NO6S/c1-4-29-21(25)16-8-5-14(6-9-16)13-23-20(24)19(30-22(23)26)12-15-7-10-17(27-2)18(11-15)28-3/h5-12H,4,13H2,1-3H3. The third-order valence-corrected chi connectivity index (χ3v) is 5.29. The lowest BCUT2D eigenvalue weighted by atomic mass is 10.1. The lowest BCUT2D eigenvalue weighted by Crippen LogP contribution is -2.27. The molecule has 2 aromatic rings. The van der Waals surface area contributed by atoms with Crippen molar-refractivity contribution >= 4 is 35.0 Å². The van der Waals surface area contributed by atoms with Crippen LogP contribution in [-0.2, 0) is 16.1 Å². The number of ether oxygens (including phenoxy) is 3. The number of esters is 1. The van der Waals surface area contributed by atoms with Crippen LogP contribution in [0.15, 0.2) is 47.4 Å². The number of hydrogen-bond donors (Lipinski definition) is 0. The zero-order valence-corrected chi connectivity index (χ0v) is 17.7. The van der Waals surface area contributed by atoms with Gasteiger partial charge in [0.25, 0.3) is 11.1 Å². The maximum Gasteiger partial charge on any atom is 0.338 e. The molecule has 1 heterocycles. The van der Waals surface area contributed by atoms with Gasteiger partial charge < -0.3 is 14.2 Å². The molecule has 0 spiro atoms. The Kier molecular flexibility index (Phi) is 6.79. The van der Waals surface area contributed by atoms with Crippen LogP contribution in [0.5, 0.6) is 11.5 Å². The zero-order chi connectivity index (χ0) is 21.7. The first-order valence-corrected chi connectivity index (χ1v) is 10.0. The minimum Gasteiger partial charge on any atom is -0.493 e. The molecule has 0 N–H and O–H groups in total. The smallest absolute Gasteiger partial charge is 0.338 e. The van der Waals surface area contributed by atoms with Crippen molar-refractivity contribution in [3.05, 3.63) is 64.1 Å². The van der Waals surface area contributed by atoms with Crippen LogP contribution in [0.25, 0.3) is 6.08 Å². The average Bonchev–Trinajstić information content (AvgIpc) is 3.01. The number of rotatable bonds is 7. The summed E-state index contributed by atoms with van der Waals surface area (Å²) in [5, 5.41) is -0.346. The fourth-order valence-electron chi connectivity index (χ4n) is 2.87. The van der Waals surface area contributed by atoms with Crippen LogP contribution in [0, 0.1) is 0 Å². The van der Waals surface area contributed by atoms with Gasteiger partial charge in [-0.15, -0.1) is 0 Å². The highest BCUT2D eigenvalue weighted by Crippen LogP contribution is 2.35. The lowest BCUT2D eigenvalue weighted by molar-refractivity contribution is -0.123. The summed E-state index contributed by atoms with van der Waals surface area (Å²) in [7, 11) is 3.07. The summed E-state index contributed by atoms with van der Waals surface area (Å²) in [6, 6.07) is 11.9. The van der Waals surface area contributed by atoms with Gasteiger partial charge in [0.05, 0.1) is 37.8 Å². The first-order valence-electron chi connectivity index (χ1n) is 9.20. The predicted molar refractivity (Wildman–Crippen MR) is 113 cm³/mol. The summed E-state index contributed by atoms with van der Waals surface area (Å²) < 4.78 is 15.4. The molecule has 156 valence electrons. The third-order valence-electron chi connectivity index (χ3n) is 4.38. The molecule has 0 atom stereocenters. The highest BCUT2D eigenvalue weighted by molar-refractivity contribution is 8.18. The van der Waals surface area contributed by atoms with Crippen LogP contribution in [-0.4, -0.2) is 42.8 Å². The van der Waals surface area contributed by atoms with E-state index in [-0.39, 0.29) is 17.7 Å². The molecule has 1 aliphatic heterocycles. The number of imide groups is 1. The normalized spacial score (nSPS) is 14.9. The van der Waals surface area contributed by atoms with Crippen LogP contribution >= 0.6 is 11.8 Å². The average molecular weight is 427 g/mol. The number of hydrogen-bond acceptors (Lipinski definition) is 7. The van der Waals surface area contributed by atoms with Crippen molar-refractivity contribution in [3.8, 4) is 11.5 Å². The molecule has 2 aromatic carbocycles. The van der Waals surface area contributed by atoms with Crippen molar-refractivity contribution in [3.63, 3.8) is 0 Å². The molecule has 1 aliphatic rings. The number of carbonyl (C=O) groups excluding carboxylic acids is 3. The topological polar surface area (TPSA) is 82.1 Å². The monoisotopic (exact) mass is 427 g/mol. The fraction of sp³-hybridized carbons (Fsp3) is 0.227. The Morgan fingerprint density at radius 3 is 2.37 bits per heavy atom. The molecule has 0 unspecified atom stereocenters. The molecule has 1 saturated heterocycles. The summed E-state index contributed by atoms with van der Waals surface area (Å²) in [6.07, 6.45) is 1.65. The zero-order valence-electron chi connectivity index (χ0n) is 16.8. The van der Waals surface area contributed by atoms with E-state index in [1.54, 1.807) is 62.6 Å². The van der Waals surface area contributed by atoms with Crippen molar-refractivity contribution < 1.29 is 28.6 Å². The molecule has 8 heteroatoms. The largest absolute Gasteiger partial charge is 0.493 e. The SMILES string of the molecule is CCOC(=O)c1ccc(CN2C(=O)SC(=Cc3ccc(OC)c(OC)c3)C2=O)cc1. The van der Waals surface area contributed by atoms with Crippen LogP contribution in [0.1, 0.15) is 28.4 Å². The summed E-state index contributed by atoms with van der Waals surface area (Å²) in [5.74, 6) is 0.337. The van der Waals surface area contributed by atoms with Gasteiger partial charge in [0.1, 0.15) is 0 Å². The summed E-state index contributed by atoms with van der Waals surface area (Å²) in [4.78, 5) is 38.4. The van der Waals surface area contributed by atoms with E-state index >= 15 is 0 Å². The Morgan fingerprint density at radius 2 is 1.73 bits per heavy atom. The quantitative estimate of drug-likeness (QED) is 0.486. The summed E-state index contributed by atoms with van der Waals surface area (Å²) in [6.45, 7) is 2.16. The van der Waals surface area contributed by atoms with Gasteiger partial charge in [-0.25, -0.2) is 4.79 Å². The van der Waals surface area contributed by atoms with Gasteiger partial charge in [0, 0.05) is 0 Å². The van der Waals surface area contributed by atoms with Crippen LogP contribution < -0.4 is 9.47 Å². The maximum atomic E-state index is 12.7. The van der Waals surface area contributed by atoms with E-state index < -0.39 is 5.97 Å². The molecule has 0 bridgehead atoms. The third kappa shape index (κ3) is 4.65. The number of thioether (sulfide) groups is 1. The Labute approximate surface area is 178 Å². The molecular weight excluding hydrogens is 406 g/mol. The van der Waals surface area contributed by atoms with Crippen LogP contribution in [0.3, 0.4) is 0 Å². The Morgan fingerprint density at radius 1 is 1.03 bits per heavy atom. The molecular formula is C22H21NO6S. The second-order valence-electron chi connectivity index (χ2n) is 6.30. The van der Waals surface area contributed by atoms with E-state index in [9.17, 15) is 14.4 Å². The second kappa shape index (κ2) is 9.49. The first kappa shape index (κ1) is 21.4. The van der Waals surface area contributed by atoms with E-state index in [0.29, 0.717) is 28.6 Å². The Bertz CT molecular complexity index is 999. The number of amides is 2. The van der Waals surface area contributed by atoms with Crippen LogP contribution in [0.2, 0.25) is 0 Å². The molecule has 1 fully saturated rings. The van der Waals surface area contributed by atoms with Crippen molar-refractivity contribution in [2.45, 2.75) is 13.5 Å². The molecule has 7 nitrogen and oxygen atoms in total. The van der Waals surface area contributed by atoms with Crippen LogP contribution in [0.4, 0.5) is 4.79 Å². The van der Waals surface area contributed by atoms with Gasteiger partial charge in [0.2, 0.25) is 0 Å². The van der Waals surface area contributed by atoms with Gasteiger partial charge in [-0.1, -0.05) is 18.2 Å². The Hall–Kier alpha value is -3.26. The van der Waals surface area contributed by atoms with Crippen molar-refractivity contribution in [1.29, 1.82) is 0 Å². The van der Waals surface area contributed by atoms with E-state index in [0.717, 1.165) is 22.9 Å². The van der Waals surface area contributed by atoms with Gasteiger partial charge in [-0.05, 0) is 60.2 Å². The van der Waals surface area contributed by atoms with Gasteiger partial charge in [-0.2, -0.15) is 0 Å². The Balaban J connectivity index is 1.75. The van der Waals surface area contributed by atoms with Gasteiger partial charge in [0.15, 0.2) is 11.5 Å². The fourth-order valence-corrected chi connectivity index (χ4v) is 3.71. The minimum absolute atomic E-state index is 0.122. The maximum absolute atomic E-state index is 12.7. The lowest BCUT2D eigenvalue weighted by Gasteiger charge is -2.12. The molecule has 0 aliphatic carbocycles. The first-order chi connectivity index (χ1) is 14.5. The predicted octanol–water partition coefficient (Wildman–Crippen LogP) is 4.12. The van der Waals surface area contributed by atoms with E-state index in [4.69, 9.17) is 14.2 Å². The summed E-state index contributed by atoms with van der Waals surface area (Å²) >= 11 is 0.886. The van der Waals surface area contributed by atoms with E-state index in [2.05, 4.69) is 0 Å².